The van der Waals surface area contributed by atoms with E-state index in [-0.39, 0.29) is 11.5 Å². The average molecular weight is 306 g/mol. The van der Waals surface area contributed by atoms with Crippen LogP contribution in [0.3, 0.4) is 0 Å². The SMILES string of the molecule is Nc1nc(Nc2ccccc2C(=O)O)cc(-c2ccccc2)n1. The van der Waals surface area contributed by atoms with E-state index in [2.05, 4.69) is 15.3 Å². The second kappa shape index (κ2) is 6.15. The zero-order valence-electron chi connectivity index (χ0n) is 12.1. The second-order valence-electron chi connectivity index (χ2n) is 4.84. The minimum Gasteiger partial charge on any atom is -0.478 e. The van der Waals surface area contributed by atoms with Crippen molar-refractivity contribution in [3.05, 3.63) is 66.2 Å². The maximum Gasteiger partial charge on any atom is 0.337 e. The molecule has 3 aromatic rings. The highest BCUT2D eigenvalue weighted by Gasteiger charge is 2.11. The lowest BCUT2D eigenvalue weighted by molar-refractivity contribution is 0.0698. The van der Waals surface area contributed by atoms with Gasteiger partial charge in [-0.1, -0.05) is 42.5 Å². The molecule has 0 aliphatic rings. The summed E-state index contributed by atoms with van der Waals surface area (Å²) in [4.78, 5) is 19.6. The predicted octanol–water partition coefficient (Wildman–Crippen LogP) is 3.17. The van der Waals surface area contributed by atoms with E-state index in [0.717, 1.165) is 5.56 Å². The summed E-state index contributed by atoms with van der Waals surface area (Å²) in [5.74, 6) is -0.467. The molecule has 4 N–H and O–H groups in total. The first-order valence-corrected chi connectivity index (χ1v) is 6.93. The first-order valence-electron chi connectivity index (χ1n) is 6.93. The highest BCUT2D eigenvalue weighted by atomic mass is 16.4. The molecule has 1 aromatic heterocycles. The molecule has 3 rings (SSSR count). The summed E-state index contributed by atoms with van der Waals surface area (Å²) in [6.45, 7) is 0. The number of para-hydroxylation sites is 1. The van der Waals surface area contributed by atoms with Crippen molar-refractivity contribution in [1.29, 1.82) is 0 Å². The number of carbonyl (C=O) groups is 1. The molecular weight excluding hydrogens is 292 g/mol. The van der Waals surface area contributed by atoms with Crippen LogP contribution in [0.1, 0.15) is 10.4 Å². The monoisotopic (exact) mass is 306 g/mol. The molecule has 0 bridgehead atoms. The summed E-state index contributed by atoms with van der Waals surface area (Å²) in [7, 11) is 0. The molecule has 0 aliphatic carbocycles. The summed E-state index contributed by atoms with van der Waals surface area (Å²) < 4.78 is 0. The number of anilines is 3. The largest absolute Gasteiger partial charge is 0.478 e. The Balaban J connectivity index is 1.99. The Labute approximate surface area is 132 Å². The van der Waals surface area contributed by atoms with Gasteiger partial charge in [0.1, 0.15) is 5.82 Å². The van der Waals surface area contributed by atoms with Crippen molar-refractivity contribution in [3.8, 4) is 11.3 Å². The second-order valence-corrected chi connectivity index (χ2v) is 4.84. The molecule has 6 heteroatoms. The number of aromatic nitrogens is 2. The number of aromatic carboxylic acids is 1. The van der Waals surface area contributed by atoms with E-state index in [1.54, 1.807) is 24.3 Å². The molecule has 0 radical (unpaired) electrons. The van der Waals surface area contributed by atoms with Crippen LogP contribution in [-0.4, -0.2) is 21.0 Å². The number of benzene rings is 2. The first kappa shape index (κ1) is 14.5. The molecular formula is C17H14N4O2. The molecule has 0 saturated carbocycles. The summed E-state index contributed by atoms with van der Waals surface area (Å²) in [6.07, 6.45) is 0. The van der Waals surface area contributed by atoms with Crippen LogP contribution < -0.4 is 11.1 Å². The van der Waals surface area contributed by atoms with Gasteiger partial charge in [0.05, 0.1) is 16.9 Å². The molecule has 6 nitrogen and oxygen atoms in total. The van der Waals surface area contributed by atoms with Gasteiger partial charge >= 0.3 is 5.97 Å². The van der Waals surface area contributed by atoms with Crippen LogP contribution in [0.4, 0.5) is 17.5 Å². The molecule has 0 amide bonds. The normalized spacial score (nSPS) is 10.3. The van der Waals surface area contributed by atoms with Crippen molar-refractivity contribution in [2.24, 2.45) is 0 Å². The number of nitrogens with one attached hydrogen (secondary N) is 1. The number of nitrogens with two attached hydrogens (primary N) is 1. The number of rotatable bonds is 4. The van der Waals surface area contributed by atoms with E-state index in [1.807, 2.05) is 30.3 Å². The average Bonchev–Trinajstić information content (AvgIpc) is 2.55. The van der Waals surface area contributed by atoms with Gasteiger partial charge in [-0.2, -0.15) is 4.98 Å². The maximum absolute atomic E-state index is 11.3. The Bertz CT molecular complexity index is 850. The van der Waals surface area contributed by atoms with Gasteiger partial charge < -0.3 is 16.2 Å². The topological polar surface area (TPSA) is 101 Å². The van der Waals surface area contributed by atoms with E-state index in [1.165, 1.54) is 6.07 Å². The zero-order valence-corrected chi connectivity index (χ0v) is 12.1. The number of nitrogen functional groups attached to an aromatic ring is 1. The molecule has 1 heterocycles. The first-order chi connectivity index (χ1) is 11.1. The van der Waals surface area contributed by atoms with E-state index < -0.39 is 5.97 Å². The third kappa shape index (κ3) is 3.26. The van der Waals surface area contributed by atoms with Crippen LogP contribution in [-0.2, 0) is 0 Å². The minimum atomic E-state index is -1.02. The fourth-order valence-electron chi connectivity index (χ4n) is 2.20. The van der Waals surface area contributed by atoms with Crippen LogP contribution in [0.2, 0.25) is 0 Å². The van der Waals surface area contributed by atoms with Gasteiger partial charge in [-0.15, -0.1) is 0 Å². The number of hydrogen-bond acceptors (Lipinski definition) is 5. The third-order valence-corrected chi connectivity index (χ3v) is 3.23. The highest BCUT2D eigenvalue weighted by molar-refractivity contribution is 5.95. The third-order valence-electron chi connectivity index (χ3n) is 3.23. The van der Waals surface area contributed by atoms with Gasteiger partial charge in [0.2, 0.25) is 5.95 Å². The maximum atomic E-state index is 11.3. The molecule has 0 unspecified atom stereocenters. The summed E-state index contributed by atoms with van der Waals surface area (Å²) >= 11 is 0. The van der Waals surface area contributed by atoms with Gasteiger partial charge in [0.15, 0.2) is 0 Å². The van der Waals surface area contributed by atoms with Crippen LogP contribution in [0.25, 0.3) is 11.3 Å². The Morgan fingerprint density at radius 2 is 1.70 bits per heavy atom. The fraction of sp³-hybridized carbons (Fsp3) is 0. The van der Waals surface area contributed by atoms with Crippen molar-refractivity contribution in [1.82, 2.24) is 9.97 Å². The lowest BCUT2D eigenvalue weighted by Gasteiger charge is -2.10. The van der Waals surface area contributed by atoms with Gasteiger partial charge in [-0.3, -0.25) is 0 Å². The number of nitrogens with zero attached hydrogens (tertiary/aromatic N) is 2. The van der Waals surface area contributed by atoms with Gasteiger partial charge in [0, 0.05) is 11.6 Å². The van der Waals surface area contributed by atoms with Gasteiger partial charge in [-0.25, -0.2) is 9.78 Å². The summed E-state index contributed by atoms with van der Waals surface area (Å²) in [5, 5.41) is 12.2. The fourth-order valence-corrected chi connectivity index (χ4v) is 2.20. The Kier molecular flexibility index (Phi) is 3.88. The molecule has 0 fully saturated rings. The van der Waals surface area contributed by atoms with E-state index >= 15 is 0 Å². The van der Waals surface area contributed by atoms with Crippen LogP contribution in [0.15, 0.2) is 60.7 Å². The Morgan fingerprint density at radius 3 is 2.43 bits per heavy atom. The van der Waals surface area contributed by atoms with Crippen LogP contribution in [0, 0.1) is 0 Å². The smallest absolute Gasteiger partial charge is 0.337 e. The van der Waals surface area contributed by atoms with Crippen molar-refractivity contribution < 1.29 is 9.90 Å². The standard InChI is InChI=1S/C17H14N4O2/c18-17-20-14(11-6-2-1-3-7-11)10-15(21-17)19-13-9-5-4-8-12(13)16(22)23/h1-10H,(H,22,23)(H3,18,19,20,21). The summed E-state index contributed by atoms with van der Waals surface area (Å²) in [6, 6.07) is 17.9. The van der Waals surface area contributed by atoms with Gasteiger partial charge in [0.25, 0.3) is 0 Å². The Morgan fingerprint density at radius 1 is 1.00 bits per heavy atom. The lowest BCUT2D eigenvalue weighted by Crippen LogP contribution is -2.05. The van der Waals surface area contributed by atoms with E-state index in [0.29, 0.717) is 17.2 Å². The minimum absolute atomic E-state index is 0.113. The molecule has 114 valence electrons. The van der Waals surface area contributed by atoms with Gasteiger partial charge in [-0.05, 0) is 12.1 Å². The predicted molar refractivity (Wildman–Crippen MR) is 88.6 cm³/mol. The number of carboxylic acid groups (broad SMARTS) is 1. The molecule has 23 heavy (non-hydrogen) atoms. The Hall–Kier alpha value is -3.41. The molecule has 0 aliphatic heterocycles. The van der Waals surface area contributed by atoms with Crippen molar-refractivity contribution in [3.63, 3.8) is 0 Å². The number of hydrogen-bond donors (Lipinski definition) is 3. The lowest BCUT2D eigenvalue weighted by atomic mass is 10.1. The summed E-state index contributed by atoms with van der Waals surface area (Å²) in [5.41, 5.74) is 7.93. The van der Waals surface area contributed by atoms with Crippen molar-refractivity contribution in [2.75, 3.05) is 11.1 Å². The van der Waals surface area contributed by atoms with E-state index in [9.17, 15) is 9.90 Å². The highest BCUT2D eigenvalue weighted by Crippen LogP contribution is 2.24. The zero-order chi connectivity index (χ0) is 16.2. The van der Waals surface area contributed by atoms with E-state index in [4.69, 9.17) is 5.73 Å². The van der Waals surface area contributed by atoms with Crippen molar-refractivity contribution in [2.45, 2.75) is 0 Å². The molecule has 0 saturated heterocycles. The molecule has 0 atom stereocenters. The van der Waals surface area contributed by atoms with Crippen molar-refractivity contribution >= 4 is 23.4 Å². The quantitative estimate of drug-likeness (QED) is 0.684. The molecule has 2 aromatic carbocycles. The number of carboxylic acids is 1. The van der Waals surface area contributed by atoms with Crippen LogP contribution >= 0.6 is 0 Å². The molecule has 0 spiro atoms. The van der Waals surface area contributed by atoms with Crippen LogP contribution in [0.5, 0.6) is 0 Å².